The van der Waals surface area contributed by atoms with Crippen LogP contribution in [-0.2, 0) is 9.59 Å². The molecule has 0 bridgehead atoms. The quantitative estimate of drug-likeness (QED) is 0.537. The lowest BCUT2D eigenvalue weighted by atomic mass is 10.2. The second kappa shape index (κ2) is 12.4. The van der Waals surface area contributed by atoms with Crippen molar-refractivity contribution in [2.45, 2.75) is 6.42 Å². The van der Waals surface area contributed by atoms with Crippen molar-refractivity contribution in [3.63, 3.8) is 0 Å². The van der Waals surface area contributed by atoms with Gasteiger partial charge in [-0.1, -0.05) is 41.9 Å². The first kappa shape index (κ1) is 24.0. The summed E-state index contributed by atoms with van der Waals surface area (Å²) >= 11 is 6.09. The minimum Gasteiger partial charge on any atom is -0.375 e. The van der Waals surface area contributed by atoms with E-state index < -0.39 is 0 Å². The van der Waals surface area contributed by atoms with E-state index in [-0.39, 0.29) is 11.8 Å². The number of para-hydroxylation sites is 2. The van der Waals surface area contributed by atoms with Gasteiger partial charge in [-0.15, -0.1) is 0 Å². The Hall–Kier alpha value is -2.61. The standard InChI is InChI=1S/C24H32ClN5O2/c1-28(20-8-3-2-4-9-20)13-7-12-26-23(31)18-29-14-16-30(17-15-29)19-24(32)27-22-11-6-5-10-21(22)25/h2-6,8-11H,7,12-19H2,1H3,(H,26,31)(H,27,32). The van der Waals surface area contributed by atoms with Gasteiger partial charge in [0.15, 0.2) is 0 Å². The van der Waals surface area contributed by atoms with Gasteiger partial charge in [0.05, 0.1) is 23.8 Å². The lowest BCUT2D eigenvalue weighted by molar-refractivity contribution is -0.123. The summed E-state index contributed by atoms with van der Waals surface area (Å²) in [6.45, 7) is 5.31. The molecule has 2 amide bonds. The molecular formula is C24H32ClN5O2. The smallest absolute Gasteiger partial charge is 0.238 e. The van der Waals surface area contributed by atoms with Crippen LogP contribution in [0.15, 0.2) is 54.6 Å². The first-order valence-electron chi connectivity index (χ1n) is 11.0. The Kier molecular flexibility index (Phi) is 9.34. The third-order valence-electron chi connectivity index (χ3n) is 5.54. The zero-order valence-corrected chi connectivity index (χ0v) is 19.4. The van der Waals surface area contributed by atoms with Gasteiger partial charge in [-0.25, -0.2) is 0 Å². The molecule has 1 aliphatic rings. The number of nitrogens with one attached hydrogen (secondary N) is 2. The van der Waals surface area contributed by atoms with E-state index in [4.69, 9.17) is 11.6 Å². The lowest BCUT2D eigenvalue weighted by Crippen LogP contribution is -2.51. The molecule has 7 nitrogen and oxygen atoms in total. The number of carbonyl (C=O) groups excluding carboxylic acids is 2. The summed E-state index contributed by atoms with van der Waals surface area (Å²) in [5.41, 5.74) is 1.81. The Labute approximate surface area is 195 Å². The largest absolute Gasteiger partial charge is 0.375 e. The van der Waals surface area contributed by atoms with Gasteiger partial charge in [0.2, 0.25) is 11.8 Å². The summed E-state index contributed by atoms with van der Waals surface area (Å²) in [6, 6.07) is 17.4. The SMILES string of the molecule is CN(CCCNC(=O)CN1CCN(CC(=O)Nc2ccccc2Cl)CC1)c1ccccc1. The Morgan fingerprint density at radius 1 is 0.906 bits per heavy atom. The van der Waals surface area contributed by atoms with Gasteiger partial charge in [-0.05, 0) is 30.7 Å². The van der Waals surface area contributed by atoms with Crippen LogP contribution < -0.4 is 15.5 Å². The fraction of sp³-hybridized carbons (Fsp3) is 0.417. The third kappa shape index (κ3) is 7.82. The van der Waals surface area contributed by atoms with Crippen LogP contribution in [-0.4, -0.2) is 81.0 Å². The van der Waals surface area contributed by atoms with Crippen molar-refractivity contribution in [1.29, 1.82) is 0 Å². The van der Waals surface area contributed by atoms with Crippen LogP contribution in [0.2, 0.25) is 5.02 Å². The van der Waals surface area contributed by atoms with E-state index in [0.29, 0.717) is 30.3 Å². The number of halogens is 1. The number of anilines is 2. The first-order valence-corrected chi connectivity index (χ1v) is 11.4. The number of rotatable bonds is 10. The highest BCUT2D eigenvalue weighted by atomic mass is 35.5. The second-order valence-electron chi connectivity index (χ2n) is 8.04. The van der Waals surface area contributed by atoms with Gasteiger partial charge < -0.3 is 15.5 Å². The first-order chi connectivity index (χ1) is 15.5. The maximum Gasteiger partial charge on any atom is 0.238 e. The van der Waals surface area contributed by atoms with Crippen molar-refractivity contribution < 1.29 is 9.59 Å². The van der Waals surface area contributed by atoms with Gasteiger partial charge >= 0.3 is 0 Å². The number of hydrogen-bond donors (Lipinski definition) is 2. The van der Waals surface area contributed by atoms with Crippen molar-refractivity contribution in [2.75, 3.05) is 69.6 Å². The Bertz CT molecular complexity index is 872. The molecule has 1 saturated heterocycles. The van der Waals surface area contributed by atoms with Gasteiger partial charge in [-0.2, -0.15) is 0 Å². The molecule has 3 rings (SSSR count). The summed E-state index contributed by atoms with van der Waals surface area (Å²) in [6.07, 6.45) is 0.894. The summed E-state index contributed by atoms with van der Waals surface area (Å²) in [5.74, 6) is -0.0259. The average Bonchev–Trinajstić information content (AvgIpc) is 2.80. The summed E-state index contributed by atoms with van der Waals surface area (Å²) in [5, 5.41) is 6.40. The normalized spacial score (nSPS) is 14.7. The number of carbonyl (C=O) groups is 2. The number of amides is 2. The van der Waals surface area contributed by atoms with Crippen LogP contribution in [0, 0.1) is 0 Å². The lowest BCUT2D eigenvalue weighted by Gasteiger charge is -2.33. The summed E-state index contributed by atoms with van der Waals surface area (Å²) in [7, 11) is 2.06. The van der Waals surface area contributed by atoms with Crippen molar-refractivity contribution >= 4 is 34.8 Å². The zero-order valence-electron chi connectivity index (χ0n) is 18.6. The van der Waals surface area contributed by atoms with Crippen molar-refractivity contribution in [3.05, 3.63) is 59.6 Å². The molecule has 172 valence electrons. The monoisotopic (exact) mass is 457 g/mol. The van der Waals surface area contributed by atoms with Crippen LogP contribution in [0.25, 0.3) is 0 Å². The molecule has 2 N–H and O–H groups in total. The average molecular weight is 458 g/mol. The minimum atomic E-state index is -0.0789. The molecule has 0 aromatic heterocycles. The molecule has 32 heavy (non-hydrogen) atoms. The molecule has 0 atom stereocenters. The third-order valence-corrected chi connectivity index (χ3v) is 5.87. The topological polar surface area (TPSA) is 67.9 Å². The number of piperazine rings is 1. The molecular weight excluding hydrogens is 426 g/mol. The molecule has 0 saturated carbocycles. The highest BCUT2D eigenvalue weighted by Crippen LogP contribution is 2.20. The fourth-order valence-corrected chi connectivity index (χ4v) is 3.86. The van der Waals surface area contributed by atoms with E-state index in [2.05, 4.69) is 44.5 Å². The molecule has 0 unspecified atom stereocenters. The molecule has 1 aliphatic heterocycles. The number of nitrogens with zero attached hydrogens (tertiary/aromatic N) is 3. The molecule has 2 aromatic rings. The van der Waals surface area contributed by atoms with Gasteiger partial charge in [0.1, 0.15) is 0 Å². The van der Waals surface area contributed by atoms with Gasteiger partial charge in [-0.3, -0.25) is 19.4 Å². The van der Waals surface area contributed by atoms with Crippen molar-refractivity contribution in [3.8, 4) is 0 Å². The van der Waals surface area contributed by atoms with E-state index >= 15 is 0 Å². The Morgan fingerprint density at radius 3 is 2.16 bits per heavy atom. The number of hydrogen-bond acceptors (Lipinski definition) is 5. The molecule has 1 heterocycles. The Morgan fingerprint density at radius 2 is 1.50 bits per heavy atom. The molecule has 0 spiro atoms. The maximum absolute atomic E-state index is 12.3. The van der Waals surface area contributed by atoms with Crippen LogP contribution in [0.3, 0.4) is 0 Å². The zero-order chi connectivity index (χ0) is 22.8. The maximum atomic E-state index is 12.3. The van der Waals surface area contributed by atoms with Gasteiger partial charge in [0.25, 0.3) is 0 Å². The van der Waals surface area contributed by atoms with E-state index in [9.17, 15) is 9.59 Å². The minimum absolute atomic E-state index is 0.0530. The van der Waals surface area contributed by atoms with Crippen LogP contribution >= 0.6 is 11.6 Å². The highest BCUT2D eigenvalue weighted by Gasteiger charge is 2.20. The van der Waals surface area contributed by atoms with Crippen LogP contribution in [0.1, 0.15) is 6.42 Å². The molecule has 1 fully saturated rings. The predicted molar refractivity (Wildman–Crippen MR) is 130 cm³/mol. The number of benzene rings is 2. The predicted octanol–water partition coefficient (Wildman–Crippen LogP) is 2.54. The summed E-state index contributed by atoms with van der Waals surface area (Å²) in [4.78, 5) is 31.0. The van der Waals surface area contributed by atoms with E-state index in [1.54, 1.807) is 12.1 Å². The summed E-state index contributed by atoms with van der Waals surface area (Å²) < 4.78 is 0. The molecule has 0 radical (unpaired) electrons. The fourth-order valence-electron chi connectivity index (χ4n) is 3.68. The van der Waals surface area contributed by atoms with Crippen molar-refractivity contribution in [1.82, 2.24) is 15.1 Å². The van der Waals surface area contributed by atoms with E-state index in [0.717, 1.165) is 39.1 Å². The molecule has 8 heteroatoms. The van der Waals surface area contributed by atoms with Crippen LogP contribution in [0.4, 0.5) is 11.4 Å². The highest BCUT2D eigenvalue weighted by molar-refractivity contribution is 6.33. The van der Waals surface area contributed by atoms with Crippen LogP contribution in [0.5, 0.6) is 0 Å². The molecule has 2 aromatic carbocycles. The van der Waals surface area contributed by atoms with Crippen molar-refractivity contribution in [2.24, 2.45) is 0 Å². The van der Waals surface area contributed by atoms with Gasteiger partial charge in [0, 0.05) is 52.0 Å². The second-order valence-corrected chi connectivity index (χ2v) is 8.45. The van der Waals surface area contributed by atoms with E-state index in [1.165, 1.54) is 5.69 Å². The van der Waals surface area contributed by atoms with E-state index in [1.807, 2.05) is 30.3 Å². The molecule has 0 aliphatic carbocycles. The Balaban J connectivity index is 1.28.